The van der Waals surface area contributed by atoms with Crippen molar-refractivity contribution in [1.29, 1.82) is 0 Å². The molecule has 0 aliphatic rings. The van der Waals surface area contributed by atoms with Crippen molar-refractivity contribution >= 4 is 0 Å². The van der Waals surface area contributed by atoms with Gasteiger partial charge in [0.1, 0.15) is 0 Å². The quantitative estimate of drug-likeness (QED) is 0.505. The van der Waals surface area contributed by atoms with Crippen LogP contribution in [0, 0.1) is 20.2 Å². The van der Waals surface area contributed by atoms with Gasteiger partial charge in [0.05, 0.1) is 9.85 Å². The summed E-state index contributed by atoms with van der Waals surface area (Å²) in [6.07, 6.45) is -0.330. The van der Waals surface area contributed by atoms with E-state index < -0.39 is 21.9 Å². The molecular weight excluding hydrogens is 250 g/mol. The van der Waals surface area contributed by atoms with Gasteiger partial charge in [0.25, 0.3) is 0 Å². The molecule has 0 aliphatic heterocycles. The summed E-state index contributed by atoms with van der Waals surface area (Å²) in [6, 6.07) is 11.7. The summed E-state index contributed by atoms with van der Waals surface area (Å²) >= 11 is 0. The third-order valence-electron chi connectivity index (χ3n) is 2.85. The standard InChI is InChI=1S/C12H11N3O4/c16-14(17)12(15(18)19)11(10-7-4-8-13-10)9-5-2-1-3-6-9/h1-8,11-13H. The van der Waals surface area contributed by atoms with E-state index in [0.29, 0.717) is 11.3 Å². The van der Waals surface area contributed by atoms with Crippen LogP contribution in [0.5, 0.6) is 0 Å². The minimum absolute atomic E-state index is 0.449. The topological polar surface area (TPSA) is 102 Å². The van der Waals surface area contributed by atoms with Crippen molar-refractivity contribution < 1.29 is 9.85 Å². The highest BCUT2D eigenvalue weighted by molar-refractivity contribution is 5.29. The molecule has 19 heavy (non-hydrogen) atoms. The van der Waals surface area contributed by atoms with Crippen LogP contribution in [0.1, 0.15) is 17.2 Å². The molecule has 0 radical (unpaired) electrons. The Hall–Kier alpha value is -2.70. The Balaban J connectivity index is 2.52. The van der Waals surface area contributed by atoms with Crippen LogP contribution in [0.3, 0.4) is 0 Å². The lowest BCUT2D eigenvalue weighted by Crippen LogP contribution is -2.36. The molecule has 1 heterocycles. The Morgan fingerprint density at radius 3 is 2.05 bits per heavy atom. The van der Waals surface area contributed by atoms with Crippen LogP contribution in [-0.4, -0.2) is 21.0 Å². The maximum absolute atomic E-state index is 11.0. The van der Waals surface area contributed by atoms with Gasteiger partial charge in [-0.3, -0.25) is 20.2 Å². The molecular formula is C12H11N3O4. The summed E-state index contributed by atoms with van der Waals surface area (Å²) in [5.74, 6) is -0.943. The number of H-pyrrole nitrogens is 1. The number of hydrogen-bond acceptors (Lipinski definition) is 4. The molecule has 0 spiro atoms. The zero-order valence-corrected chi connectivity index (χ0v) is 9.80. The van der Waals surface area contributed by atoms with E-state index in [2.05, 4.69) is 4.98 Å². The first-order valence-electron chi connectivity index (χ1n) is 5.56. The number of nitrogens with one attached hydrogen (secondary N) is 1. The molecule has 0 saturated heterocycles. The molecule has 7 heteroatoms. The minimum atomic E-state index is -1.92. The number of nitrogens with zero attached hydrogens (tertiary/aromatic N) is 2. The van der Waals surface area contributed by atoms with Gasteiger partial charge in [-0.1, -0.05) is 30.3 Å². The van der Waals surface area contributed by atoms with Crippen LogP contribution >= 0.6 is 0 Å². The Kier molecular flexibility index (Phi) is 3.56. The SMILES string of the molecule is O=[N+]([O-])C(C(c1ccccc1)c1ccc[nH]1)[N+](=O)[O-]. The third-order valence-corrected chi connectivity index (χ3v) is 2.85. The minimum Gasteiger partial charge on any atom is -0.364 e. The highest BCUT2D eigenvalue weighted by atomic mass is 16.7. The first-order valence-corrected chi connectivity index (χ1v) is 5.56. The summed E-state index contributed by atoms with van der Waals surface area (Å²) in [4.78, 5) is 23.1. The molecule has 7 nitrogen and oxygen atoms in total. The van der Waals surface area contributed by atoms with E-state index in [1.54, 1.807) is 48.7 Å². The maximum atomic E-state index is 11.0. The van der Waals surface area contributed by atoms with E-state index in [0.717, 1.165) is 0 Å². The van der Waals surface area contributed by atoms with Gasteiger partial charge in [0, 0.05) is 11.9 Å². The van der Waals surface area contributed by atoms with Crippen molar-refractivity contribution in [2.24, 2.45) is 0 Å². The Morgan fingerprint density at radius 1 is 0.947 bits per heavy atom. The van der Waals surface area contributed by atoms with E-state index in [1.165, 1.54) is 0 Å². The fraction of sp³-hybridized carbons (Fsp3) is 0.167. The molecule has 2 rings (SSSR count). The van der Waals surface area contributed by atoms with Crippen LogP contribution in [0.2, 0.25) is 0 Å². The van der Waals surface area contributed by atoms with Crippen molar-refractivity contribution in [2.45, 2.75) is 12.1 Å². The van der Waals surface area contributed by atoms with E-state index >= 15 is 0 Å². The van der Waals surface area contributed by atoms with Gasteiger partial charge >= 0.3 is 6.17 Å². The third kappa shape index (κ3) is 2.59. The van der Waals surface area contributed by atoms with Crippen LogP contribution in [-0.2, 0) is 0 Å². The predicted octanol–water partition coefficient (Wildman–Crippen LogP) is 2.03. The number of aromatic nitrogens is 1. The Morgan fingerprint density at radius 2 is 1.58 bits per heavy atom. The summed E-state index contributed by atoms with van der Waals surface area (Å²) < 4.78 is 0. The van der Waals surface area contributed by atoms with Crippen LogP contribution < -0.4 is 0 Å². The smallest absolute Gasteiger partial charge is 0.364 e. The second kappa shape index (κ2) is 5.30. The molecule has 1 unspecified atom stereocenters. The van der Waals surface area contributed by atoms with Gasteiger partial charge < -0.3 is 4.98 Å². The lowest BCUT2D eigenvalue weighted by Gasteiger charge is -2.14. The molecule has 0 bridgehead atoms. The molecule has 1 N–H and O–H groups in total. The van der Waals surface area contributed by atoms with Gasteiger partial charge in [0.15, 0.2) is 5.92 Å². The summed E-state index contributed by atoms with van der Waals surface area (Å²) in [7, 11) is 0. The maximum Gasteiger partial charge on any atom is 0.462 e. The number of benzene rings is 1. The molecule has 98 valence electrons. The lowest BCUT2D eigenvalue weighted by molar-refractivity contribution is -0.744. The van der Waals surface area contributed by atoms with Gasteiger partial charge in [-0.05, 0) is 17.7 Å². The number of hydrogen-bond donors (Lipinski definition) is 1. The highest BCUT2D eigenvalue weighted by Gasteiger charge is 2.44. The lowest BCUT2D eigenvalue weighted by atomic mass is 9.93. The largest absolute Gasteiger partial charge is 0.462 e. The second-order valence-corrected chi connectivity index (χ2v) is 4.00. The number of aromatic amines is 1. The average Bonchev–Trinajstić information content (AvgIpc) is 2.89. The molecule has 1 aromatic carbocycles. The zero-order valence-electron chi connectivity index (χ0n) is 9.80. The predicted molar refractivity (Wildman–Crippen MR) is 66.9 cm³/mol. The molecule has 1 aromatic heterocycles. The number of nitro groups is 2. The van der Waals surface area contributed by atoms with Crippen LogP contribution in [0.15, 0.2) is 48.7 Å². The van der Waals surface area contributed by atoms with Gasteiger partial charge in [0.2, 0.25) is 0 Å². The summed E-state index contributed by atoms with van der Waals surface area (Å²) in [5, 5.41) is 22.0. The second-order valence-electron chi connectivity index (χ2n) is 4.00. The molecule has 0 aliphatic carbocycles. The molecule has 2 aromatic rings. The van der Waals surface area contributed by atoms with Crippen molar-refractivity contribution in [3.63, 3.8) is 0 Å². The monoisotopic (exact) mass is 261 g/mol. The van der Waals surface area contributed by atoms with E-state index in [1.807, 2.05) is 0 Å². The Labute approximate surface area is 108 Å². The summed E-state index contributed by atoms with van der Waals surface area (Å²) in [5.41, 5.74) is 0.980. The van der Waals surface area contributed by atoms with Crippen molar-refractivity contribution in [2.75, 3.05) is 0 Å². The fourth-order valence-corrected chi connectivity index (χ4v) is 2.03. The van der Waals surface area contributed by atoms with Gasteiger partial charge in [-0.25, -0.2) is 0 Å². The number of rotatable bonds is 5. The molecule has 0 amide bonds. The van der Waals surface area contributed by atoms with Crippen LogP contribution in [0.25, 0.3) is 0 Å². The van der Waals surface area contributed by atoms with Gasteiger partial charge in [-0.2, -0.15) is 0 Å². The summed E-state index contributed by atoms with van der Waals surface area (Å²) in [6.45, 7) is 0. The molecule has 0 saturated carbocycles. The fourth-order valence-electron chi connectivity index (χ4n) is 2.03. The average molecular weight is 261 g/mol. The molecule has 1 atom stereocenters. The van der Waals surface area contributed by atoms with Crippen molar-refractivity contribution in [3.05, 3.63) is 80.1 Å². The van der Waals surface area contributed by atoms with E-state index in [9.17, 15) is 20.2 Å². The van der Waals surface area contributed by atoms with E-state index in [-0.39, 0.29) is 0 Å². The van der Waals surface area contributed by atoms with Crippen molar-refractivity contribution in [3.8, 4) is 0 Å². The molecule has 0 fully saturated rings. The van der Waals surface area contributed by atoms with Crippen molar-refractivity contribution in [1.82, 2.24) is 4.98 Å². The van der Waals surface area contributed by atoms with E-state index in [4.69, 9.17) is 0 Å². The van der Waals surface area contributed by atoms with Gasteiger partial charge in [-0.15, -0.1) is 0 Å². The first kappa shape index (κ1) is 12.7. The first-order chi connectivity index (χ1) is 9.11. The normalized spacial score (nSPS) is 12.3. The zero-order chi connectivity index (χ0) is 13.8. The highest BCUT2D eigenvalue weighted by Crippen LogP contribution is 2.28. The van der Waals surface area contributed by atoms with Crippen LogP contribution in [0.4, 0.5) is 0 Å². The Bertz CT molecular complexity index is 554.